The molecular formula is C9H7ClN2OS. The zero-order chi connectivity index (χ0) is 9.97. The molecule has 2 rings (SSSR count). The minimum atomic E-state index is 0.0638. The van der Waals surface area contributed by atoms with Crippen LogP contribution >= 0.6 is 23.4 Å². The summed E-state index contributed by atoms with van der Waals surface area (Å²) in [5.41, 5.74) is 0.877. The third kappa shape index (κ3) is 1.91. The maximum atomic E-state index is 5.52. The summed E-state index contributed by atoms with van der Waals surface area (Å²) in [6.45, 7) is 0. The van der Waals surface area contributed by atoms with Gasteiger partial charge in [-0.2, -0.15) is 0 Å². The van der Waals surface area contributed by atoms with Crippen LogP contribution in [-0.2, 0) is 0 Å². The van der Waals surface area contributed by atoms with Gasteiger partial charge in [0.15, 0.2) is 0 Å². The largest absolute Gasteiger partial charge is 0.407 e. The first-order valence-corrected chi connectivity index (χ1v) is 5.53. The highest BCUT2D eigenvalue weighted by atomic mass is 35.5. The lowest BCUT2D eigenvalue weighted by atomic mass is 10.2. The van der Waals surface area contributed by atoms with E-state index < -0.39 is 0 Å². The van der Waals surface area contributed by atoms with Gasteiger partial charge < -0.3 is 4.42 Å². The van der Waals surface area contributed by atoms with Gasteiger partial charge in [0.1, 0.15) is 0 Å². The Labute approximate surface area is 90.5 Å². The van der Waals surface area contributed by atoms with E-state index in [0.717, 1.165) is 5.56 Å². The predicted molar refractivity (Wildman–Crippen MR) is 56.5 cm³/mol. The maximum absolute atomic E-state index is 5.52. The first-order valence-electron chi connectivity index (χ1n) is 3.93. The quantitative estimate of drug-likeness (QED) is 0.738. The van der Waals surface area contributed by atoms with E-state index in [0.29, 0.717) is 5.89 Å². The van der Waals surface area contributed by atoms with Gasteiger partial charge in [0, 0.05) is 10.5 Å². The summed E-state index contributed by atoms with van der Waals surface area (Å²) in [5, 5.41) is 7.43. The van der Waals surface area contributed by atoms with E-state index in [2.05, 4.69) is 10.2 Å². The van der Waals surface area contributed by atoms with Crippen LogP contribution in [0.25, 0.3) is 11.5 Å². The third-order valence-electron chi connectivity index (χ3n) is 1.74. The smallest absolute Gasteiger partial charge is 0.313 e. The van der Waals surface area contributed by atoms with Crippen LogP contribution in [0.3, 0.4) is 0 Å². The molecule has 0 saturated heterocycles. The van der Waals surface area contributed by atoms with Crippen LogP contribution in [0.5, 0.6) is 0 Å². The van der Waals surface area contributed by atoms with E-state index in [9.17, 15) is 0 Å². The van der Waals surface area contributed by atoms with Gasteiger partial charge >= 0.3 is 5.35 Å². The fraction of sp³-hybridized carbons (Fsp3) is 0.111. The average Bonchev–Trinajstić information content (AvgIpc) is 2.65. The van der Waals surface area contributed by atoms with Gasteiger partial charge in [-0.3, -0.25) is 0 Å². The molecular weight excluding hydrogens is 220 g/mol. The van der Waals surface area contributed by atoms with E-state index in [1.807, 2.05) is 30.5 Å². The van der Waals surface area contributed by atoms with Crippen LogP contribution in [0.15, 0.2) is 33.6 Å². The highest BCUT2D eigenvalue weighted by Gasteiger charge is 2.05. The molecule has 0 fully saturated rings. The van der Waals surface area contributed by atoms with E-state index in [-0.39, 0.29) is 5.35 Å². The van der Waals surface area contributed by atoms with Crippen molar-refractivity contribution in [1.29, 1.82) is 0 Å². The molecule has 2 aromatic rings. The minimum absolute atomic E-state index is 0.0638. The maximum Gasteiger partial charge on any atom is 0.313 e. The summed E-state index contributed by atoms with van der Waals surface area (Å²) in [4.78, 5) is 1.19. The van der Waals surface area contributed by atoms with E-state index in [1.165, 1.54) is 4.90 Å². The summed E-state index contributed by atoms with van der Waals surface area (Å²) >= 11 is 7.21. The lowest BCUT2D eigenvalue weighted by Crippen LogP contribution is -1.77. The Bertz CT molecular complexity index is 427. The molecule has 0 aliphatic rings. The Morgan fingerprint density at radius 1 is 1.21 bits per heavy atom. The van der Waals surface area contributed by atoms with Gasteiger partial charge in [0.05, 0.1) is 0 Å². The summed E-state index contributed by atoms with van der Waals surface area (Å²) in [7, 11) is 0. The van der Waals surface area contributed by atoms with Crippen LogP contribution < -0.4 is 0 Å². The van der Waals surface area contributed by atoms with Crippen LogP contribution in [0.2, 0.25) is 5.35 Å². The minimum Gasteiger partial charge on any atom is -0.407 e. The molecule has 3 nitrogen and oxygen atoms in total. The molecule has 1 aromatic carbocycles. The fourth-order valence-corrected chi connectivity index (χ4v) is 1.57. The van der Waals surface area contributed by atoms with Gasteiger partial charge in [-0.05, 0) is 42.1 Å². The number of rotatable bonds is 2. The summed E-state index contributed by atoms with van der Waals surface area (Å²) in [6, 6.07) is 7.85. The number of hydrogen-bond donors (Lipinski definition) is 0. The number of thioether (sulfide) groups is 1. The van der Waals surface area contributed by atoms with E-state index in [4.69, 9.17) is 16.0 Å². The lowest BCUT2D eigenvalue weighted by Gasteiger charge is -1.96. The zero-order valence-electron chi connectivity index (χ0n) is 7.40. The second-order valence-corrected chi connectivity index (χ2v) is 3.79. The van der Waals surface area contributed by atoms with Gasteiger partial charge in [0.2, 0.25) is 5.89 Å². The molecule has 72 valence electrons. The summed E-state index contributed by atoms with van der Waals surface area (Å²) in [5.74, 6) is 0.447. The normalized spacial score (nSPS) is 10.4. The Kier molecular flexibility index (Phi) is 2.74. The molecule has 0 unspecified atom stereocenters. The zero-order valence-corrected chi connectivity index (χ0v) is 8.97. The molecule has 0 saturated carbocycles. The fourth-order valence-electron chi connectivity index (χ4n) is 1.06. The first kappa shape index (κ1) is 9.55. The Morgan fingerprint density at radius 2 is 1.93 bits per heavy atom. The van der Waals surface area contributed by atoms with Gasteiger partial charge in [0.25, 0.3) is 0 Å². The lowest BCUT2D eigenvalue weighted by molar-refractivity contribution is 0.571. The summed E-state index contributed by atoms with van der Waals surface area (Å²) < 4.78 is 5.08. The molecule has 1 aromatic heterocycles. The van der Waals surface area contributed by atoms with Crippen LogP contribution in [0.1, 0.15) is 0 Å². The molecule has 0 spiro atoms. The Balaban J connectivity index is 2.33. The van der Waals surface area contributed by atoms with Crippen molar-refractivity contribution in [3.05, 3.63) is 29.6 Å². The molecule has 0 atom stereocenters. The SMILES string of the molecule is CSc1ccc(-c2nnc(Cl)o2)cc1. The second-order valence-electron chi connectivity index (χ2n) is 2.59. The van der Waals surface area contributed by atoms with Crippen molar-refractivity contribution in [3.63, 3.8) is 0 Å². The number of halogens is 1. The van der Waals surface area contributed by atoms with Crippen molar-refractivity contribution in [2.75, 3.05) is 6.26 Å². The Morgan fingerprint density at radius 3 is 2.43 bits per heavy atom. The van der Waals surface area contributed by atoms with Crippen molar-refractivity contribution in [2.45, 2.75) is 4.90 Å². The van der Waals surface area contributed by atoms with Crippen molar-refractivity contribution >= 4 is 23.4 Å². The number of benzene rings is 1. The molecule has 0 N–H and O–H groups in total. The topological polar surface area (TPSA) is 38.9 Å². The molecule has 0 radical (unpaired) electrons. The molecule has 5 heteroatoms. The molecule has 0 bridgehead atoms. The number of nitrogens with zero attached hydrogens (tertiary/aromatic N) is 2. The van der Waals surface area contributed by atoms with Crippen molar-refractivity contribution in [1.82, 2.24) is 10.2 Å². The average molecular weight is 227 g/mol. The molecule has 0 aliphatic carbocycles. The van der Waals surface area contributed by atoms with Crippen molar-refractivity contribution < 1.29 is 4.42 Å². The standard InChI is InChI=1S/C9H7ClN2OS/c1-14-7-4-2-6(3-5-7)8-11-12-9(10)13-8/h2-5H,1H3. The molecule has 14 heavy (non-hydrogen) atoms. The molecule has 1 heterocycles. The monoisotopic (exact) mass is 226 g/mol. The molecule has 0 aliphatic heterocycles. The highest BCUT2D eigenvalue weighted by Crippen LogP contribution is 2.22. The van der Waals surface area contributed by atoms with Crippen LogP contribution in [0, 0.1) is 0 Å². The summed E-state index contributed by atoms with van der Waals surface area (Å²) in [6.07, 6.45) is 2.03. The van der Waals surface area contributed by atoms with E-state index in [1.54, 1.807) is 11.8 Å². The highest BCUT2D eigenvalue weighted by molar-refractivity contribution is 7.98. The third-order valence-corrected chi connectivity index (χ3v) is 2.63. The Hall–Kier alpha value is -1.00. The first-order chi connectivity index (χ1) is 6.79. The van der Waals surface area contributed by atoms with Gasteiger partial charge in [-0.1, -0.05) is 5.10 Å². The molecule has 0 amide bonds. The van der Waals surface area contributed by atoms with E-state index >= 15 is 0 Å². The second kappa shape index (κ2) is 4.02. The van der Waals surface area contributed by atoms with Crippen LogP contribution in [-0.4, -0.2) is 16.5 Å². The van der Waals surface area contributed by atoms with Gasteiger partial charge in [-0.25, -0.2) is 0 Å². The van der Waals surface area contributed by atoms with Crippen molar-refractivity contribution in [3.8, 4) is 11.5 Å². The number of aromatic nitrogens is 2. The number of hydrogen-bond acceptors (Lipinski definition) is 4. The predicted octanol–water partition coefficient (Wildman–Crippen LogP) is 3.11. The van der Waals surface area contributed by atoms with Gasteiger partial charge in [-0.15, -0.1) is 16.9 Å². The van der Waals surface area contributed by atoms with Crippen LogP contribution in [0.4, 0.5) is 0 Å². The van der Waals surface area contributed by atoms with Crippen molar-refractivity contribution in [2.24, 2.45) is 0 Å².